The number of aromatic nitrogens is 4. The first-order valence-corrected chi connectivity index (χ1v) is 8.77. The number of hydrogen-bond acceptors (Lipinski definition) is 6. The van der Waals surface area contributed by atoms with Crippen LogP contribution in [-0.2, 0) is 11.2 Å². The molecular weight excluding hydrogens is 326 g/mol. The van der Waals surface area contributed by atoms with Crippen molar-refractivity contribution in [3.05, 3.63) is 41.2 Å². The van der Waals surface area contributed by atoms with E-state index >= 15 is 0 Å². The lowest BCUT2D eigenvalue weighted by atomic mass is 10.3. The fraction of sp³-hybridized carbons (Fsp3) is 0.375. The van der Waals surface area contributed by atoms with E-state index < -0.39 is 0 Å². The molecule has 1 aliphatic rings. The van der Waals surface area contributed by atoms with Crippen molar-refractivity contribution in [2.45, 2.75) is 25.2 Å². The molecule has 0 spiro atoms. The summed E-state index contributed by atoms with van der Waals surface area (Å²) >= 11 is 1.52. The maximum Gasteiger partial charge on any atom is 0.257 e. The number of carbonyl (C=O) groups is 1. The zero-order chi connectivity index (χ0) is 16.4. The summed E-state index contributed by atoms with van der Waals surface area (Å²) in [5.41, 5.74) is 0. The highest BCUT2D eigenvalue weighted by Gasteiger charge is 2.29. The number of carbonyl (C=O) groups excluding carboxylic acids is 1. The molecule has 1 amide bonds. The maximum atomic E-state index is 11.8. The molecule has 124 valence electrons. The fourth-order valence-corrected chi connectivity index (χ4v) is 3.23. The molecule has 8 heteroatoms. The van der Waals surface area contributed by atoms with Gasteiger partial charge >= 0.3 is 0 Å². The van der Waals surface area contributed by atoms with Gasteiger partial charge in [0.1, 0.15) is 10.8 Å². The summed E-state index contributed by atoms with van der Waals surface area (Å²) in [7, 11) is 0. The van der Waals surface area contributed by atoms with Crippen LogP contribution in [-0.4, -0.2) is 38.9 Å². The number of hydrogen-bond donors (Lipinski definition) is 1. The van der Waals surface area contributed by atoms with Crippen LogP contribution in [0.1, 0.15) is 29.6 Å². The van der Waals surface area contributed by atoms with Crippen molar-refractivity contribution < 1.29 is 9.53 Å². The molecule has 1 aliphatic carbocycles. The minimum absolute atomic E-state index is 0.0148. The fourth-order valence-electron chi connectivity index (χ4n) is 2.39. The summed E-state index contributed by atoms with van der Waals surface area (Å²) in [6.45, 7) is 0.542. The average molecular weight is 343 g/mol. The molecule has 24 heavy (non-hydrogen) atoms. The van der Waals surface area contributed by atoms with Crippen molar-refractivity contribution in [2.24, 2.45) is 0 Å². The second-order valence-corrected chi connectivity index (χ2v) is 6.76. The lowest BCUT2D eigenvalue weighted by Crippen LogP contribution is -2.30. The molecule has 0 aliphatic heterocycles. The van der Waals surface area contributed by atoms with E-state index in [0.717, 1.165) is 15.8 Å². The average Bonchev–Trinajstić information content (AvgIpc) is 3.24. The molecule has 0 radical (unpaired) electrons. The van der Waals surface area contributed by atoms with Crippen LogP contribution in [0.4, 0.5) is 0 Å². The van der Waals surface area contributed by atoms with Crippen molar-refractivity contribution in [3.8, 4) is 5.75 Å². The topological polar surface area (TPSA) is 81.4 Å². The van der Waals surface area contributed by atoms with Crippen LogP contribution < -0.4 is 10.1 Å². The second-order valence-electron chi connectivity index (χ2n) is 5.72. The van der Waals surface area contributed by atoms with Crippen LogP contribution in [0.25, 0.3) is 4.96 Å². The molecule has 0 unspecified atom stereocenters. The van der Waals surface area contributed by atoms with Gasteiger partial charge in [0.25, 0.3) is 5.91 Å². The molecule has 1 fully saturated rings. The molecule has 1 aromatic carbocycles. The third-order valence-corrected chi connectivity index (χ3v) is 4.73. The molecule has 2 aromatic heterocycles. The lowest BCUT2D eigenvalue weighted by Gasteiger charge is -2.06. The zero-order valence-corrected chi connectivity index (χ0v) is 13.8. The van der Waals surface area contributed by atoms with Crippen LogP contribution in [0.15, 0.2) is 30.3 Å². The Morgan fingerprint density at radius 2 is 2.12 bits per heavy atom. The molecule has 1 saturated carbocycles. The molecule has 4 rings (SSSR count). The van der Waals surface area contributed by atoms with Gasteiger partial charge in [-0.25, -0.2) is 0 Å². The Bertz CT molecular complexity index is 841. The van der Waals surface area contributed by atoms with E-state index in [1.165, 1.54) is 24.2 Å². The van der Waals surface area contributed by atoms with Crippen molar-refractivity contribution >= 4 is 22.2 Å². The van der Waals surface area contributed by atoms with Crippen molar-refractivity contribution in [2.75, 3.05) is 13.2 Å². The molecule has 7 nitrogen and oxygen atoms in total. The van der Waals surface area contributed by atoms with Crippen LogP contribution in [0.3, 0.4) is 0 Å². The predicted octanol–water partition coefficient (Wildman–Crippen LogP) is 1.80. The van der Waals surface area contributed by atoms with E-state index in [1.807, 2.05) is 34.8 Å². The number of para-hydroxylation sites is 1. The standard InChI is InChI=1S/C16H17N5O2S/c22-13(10-23-12-4-2-1-3-5-12)17-9-8-14-20-21-15(11-6-7-11)18-19-16(21)24-14/h1-5,11H,6-10H2,(H,17,22). The van der Waals surface area contributed by atoms with E-state index in [-0.39, 0.29) is 12.5 Å². The number of benzene rings is 1. The SMILES string of the molecule is O=C(COc1ccccc1)NCCc1nn2c(C3CC3)nnc2s1. The number of amides is 1. The third-order valence-electron chi connectivity index (χ3n) is 3.77. The summed E-state index contributed by atoms with van der Waals surface area (Å²) in [5, 5.41) is 16.7. The van der Waals surface area contributed by atoms with E-state index in [0.29, 0.717) is 24.6 Å². The maximum absolute atomic E-state index is 11.8. The van der Waals surface area contributed by atoms with Gasteiger partial charge in [-0.3, -0.25) is 4.79 Å². The molecule has 0 saturated heterocycles. The Morgan fingerprint density at radius 1 is 1.29 bits per heavy atom. The predicted molar refractivity (Wildman–Crippen MR) is 89.3 cm³/mol. The van der Waals surface area contributed by atoms with Gasteiger partial charge in [0.05, 0.1) is 0 Å². The van der Waals surface area contributed by atoms with Crippen molar-refractivity contribution in [3.63, 3.8) is 0 Å². The number of nitrogens with zero attached hydrogens (tertiary/aromatic N) is 4. The normalized spacial score (nSPS) is 14.0. The number of fused-ring (bicyclic) bond motifs is 1. The van der Waals surface area contributed by atoms with Crippen LogP contribution >= 0.6 is 11.3 Å². The molecular formula is C16H17N5O2S. The summed E-state index contributed by atoms with van der Waals surface area (Å²) in [5.74, 6) is 2.03. The quantitative estimate of drug-likeness (QED) is 0.707. The van der Waals surface area contributed by atoms with Gasteiger partial charge in [-0.05, 0) is 25.0 Å². The minimum atomic E-state index is -0.138. The Hall–Kier alpha value is -2.48. The van der Waals surface area contributed by atoms with Crippen molar-refractivity contribution in [1.82, 2.24) is 25.1 Å². The highest BCUT2D eigenvalue weighted by molar-refractivity contribution is 7.16. The molecule has 0 atom stereocenters. The van der Waals surface area contributed by atoms with Gasteiger partial charge in [-0.15, -0.1) is 10.2 Å². The van der Waals surface area contributed by atoms with Gasteiger partial charge in [0.2, 0.25) is 4.96 Å². The first-order valence-electron chi connectivity index (χ1n) is 7.95. The van der Waals surface area contributed by atoms with Crippen LogP contribution in [0, 0.1) is 0 Å². The summed E-state index contributed by atoms with van der Waals surface area (Å²) in [6, 6.07) is 9.30. The molecule has 3 aromatic rings. The van der Waals surface area contributed by atoms with Gasteiger partial charge in [-0.1, -0.05) is 29.5 Å². The highest BCUT2D eigenvalue weighted by atomic mass is 32.1. The largest absolute Gasteiger partial charge is 0.484 e. The van der Waals surface area contributed by atoms with Crippen LogP contribution in [0.2, 0.25) is 0 Å². The lowest BCUT2D eigenvalue weighted by molar-refractivity contribution is -0.123. The second kappa shape index (κ2) is 6.56. The van der Waals surface area contributed by atoms with Gasteiger partial charge in [0, 0.05) is 18.9 Å². The molecule has 1 N–H and O–H groups in total. The van der Waals surface area contributed by atoms with Gasteiger partial charge < -0.3 is 10.1 Å². The smallest absolute Gasteiger partial charge is 0.257 e. The monoisotopic (exact) mass is 343 g/mol. The molecule has 2 heterocycles. The van der Waals surface area contributed by atoms with E-state index in [2.05, 4.69) is 20.6 Å². The third kappa shape index (κ3) is 3.38. The Labute approximate surface area is 142 Å². The van der Waals surface area contributed by atoms with Gasteiger partial charge in [0.15, 0.2) is 12.4 Å². The summed E-state index contributed by atoms with van der Waals surface area (Å²) in [4.78, 5) is 12.6. The number of nitrogens with one attached hydrogen (secondary N) is 1. The number of ether oxygens (including phenoxy) is 1. The first-order chi connectivity index (χ1) is 11.8. The molecule has 0 bridgehead atoms. The van der Waals surface area contributed by atoms with E-state index in [1.54, 1.807) is 0 Å². The highest BCUT2D eigenvalue weighted by Crippen LogP contribution is 2.39. The minimum Gasteiger partial charge on any atom is -0.484 e. The number of rotatable bonds is 7. The van der Waals surface area contributed by atoms with Gasteiger partial charge in [-0.2, -0.15) is 9.61 Å². The summed E-state index contributed by atoms with van der Waals surface area (Å²) < 4.78 is 7.25. The van der Waals surface area contributed by atoms with E-state index in [9.17, 15) is 4.79 Å². The van der Waals surface area contributed by atoms with Crippen LogP contribution in [0.5, 0.6) is 5.75 Å². The Morgan fingerprint density at radius 3 is 2.92 bits per heavy atom. The van der Waals surface area contributed by atoms with E-state index in [4.69, 9.17) is 4.74 Å². The summed E-state index contributed by atoms with van der Waals surface area (Å²) in [6.07, 6.45) is 3.02. The Kier molecular flexibility index (Phi) is 4.12. The zero-order valence-electron chi connectivity index (χ0n) is 13.0. The Balaban J connectivity index is 1.25. The van der Waals surface area contributed by atoms with Crippen molar-refractivity contribution in [1.29, 1.82) is 0 Å². The first kappa shape index (κ1) is 15.1.